The van der Waals surface area contributed by atoms with Gasteiger partial charge in [0.05, 0.1) is 6.20 Å². The Morgan fingerprint density at radius 2 is 1.67 bits per heavy atom. The lowest BCUT2D eigenvalue weighted by Gasteiger charge is -2.19. The number of aromatic nitrogens is 1. The first-order chi connectivity index (χ1) is 14.2. The average Bonchev–Trinajstić information content (AvgIpc) is 3.19. The van der Waals surface area contributed by atoms with Crippen LogP contribution in [0.3, 0.4) is 0 Å². The predicted molar refractivity (Wildman–Crippen MR) is 111 cm³/mol. The molecule has 30 heavy (non-hydrogen) atoms. The molecule has 2 aromatic carbocycles. The number of hydrogen-bond donors (Lipinski definition) is 2. The summed E-state index contributed by atoms with van der Waals surface area (Å²) in [5.41, 5.74) is 7.07. The highest BCUT2D eigenvalue weighted by Gasteiger charge is 2.15. The fourth-order valence-corrected chi connectivity index (χ4v) is 2.78. The zero-order chi connectivity index (χ0) is 21.7. The van der Waals surface area contributed by atoms with Gasteiger partial charge in [0, 0.05) is 24.0 Å². The largest absolute Gasteiger partial charge is 0.441 e. The number of hydrogen-bond acceptors (Lipinski definition) is 4. The standard InChI is InChI=1S/C23H24FN3O3/c1-23(2,3)17-8-4-16(5-9-17)22(29)27-26-20(28)12-13-21-25-14-19(30-21)15-6-10-18(24)11-7-15/h4-11,14H,12-13H2,1-3H3,(H,26,28)(H,27,29). The maximum absolute atomic E-state index is 13.0. The van der Waals surface area contributed by atoms with Gasteiger partial charge in [-0.05, 0) is 47.4 Å². The molecule has 0 fully saturated rings. The molecule has 2 N–H and O–H groups in total. The van der Waals surface area contributed by atoms with Gasteiger partial charge in [-0.3, -0.25) is 20.4 Å². The predicted octanol–water partition coefficient (Wildman–Crippen LogP) is 4.17. The molecule has 1 aromatic heterocycles. The van der Waals surface area contributed by atoms with Crippen LogP contribution < -0.4 is 10.9 Å². The summed E-state index contributed by atoms with van der Waals surface area (Å²) in [6, 6.07) is 13.1. The lowest BCUT2D eigenvalue weighted by atomic mass is 9.87. The summed E-state index contributed by atoms with van der Waals surface area (Å²) in [4.78, 5) is 28.3. The lowest BCUT2D eigenvalue weighted by Crippen LogP contribution is -2.41. The van der Waals surface area contributed by atoms with Crippen LogP contribution in [0.5, 0.6) is 0 Å². The number of oxazole rings is 1. The number of aryl methyl sites for hydroxylation is 1. The Hall–Kier alpha value is -3.48. The van der Waals surface area contributed by atoms with Crippen molar-refractivity contribution < 1.29 is 18.4 Å². The van der Waals surface area contributed by atoms with Gasteiger partial charge in [-0.2, -0.15) is 0 Å². The van der Waals surface area contributed by atoms with E-state index in [1.165, 1.54) is 18.3 Å². The SMILES string of the molecule is CC(C)(C)c1ccc(C(=O)NNC(=O)CCc2ncc(-c3ccc(F)cc3)o2)cc1. The molecule has 0 spiro atoms. The molecule has 3 rings (SSSR count). The summed E-state index contributed by atoms with van der Waals surface area (Å²) in [6.07, 6.45) is 1.89. The minimum absolute atomic E-state index is 0.000323. The second-order valence-corrected chi connectivity index (χ2v) is 7.95. The van der Waals surface area contributed by atoms with Crippen molar-refractivity contribution in [3.05, 3.63) is 77.6 Å². The molecule has 7 heteroatoms. The Bertz CT molecular complexity index is 1020. The molecule has 0 radical (unpaired) electrons. The van der Waals surface area contributed by atoms with Crippen LogP contribution >= 0.6 is 0 Å². The highest BCUT2D eigenvalue weighted by Crippen LogP contribution is 2.22. The number of nitrogens with one attached hydrogen (secondary N) is 2. The zero-order valence-corrected chi connectivity index (χ0v) is 17.2. The van der Waals surface area contributed by atoms with Crippen molar-refractivity contribution in [2.45, 2.75) is 39.0 Å². The van der Waals surface area contributed by atoms with Gasteiger partial charge in [0.1, 0.15) is 5.82 Å². The van der Waals surface area contributed by atoms with Crippen molar-refractivity contribution >= 4 is 11.8 Å². The van der Waals surface area contributed by atoms with Gasteiger partial charge in [0.2, 0.25) is 5.91 Å². The van der Waals surface area contributed by atoms with Crippen LogP contribution in [0, 0.1) is 5.82 Å². The van der Waals surface area contributed by atoms with E-state index in [-0.39, 0.29) is 30.0 Å². The van der Waals surface area contributed by atoms with Gasteiger partial charge in [-0.15, -0.1) is 0 Å². The number of hydrazine groups is 1. The van der Waals surface area contributed by atoms with Crippen molar-refractivity contribution in [2.24, 2.45) is 0 Å². The summed E-state index contributed by atoms with van der Waals surface area (Å²) in [7, 11) is 0. The summed E-state index contributed by atoms with van der Waals surface area (Å²) in [6.45, 7) is 6.29. The van der Waals surface area contributed by atoms with Crippen LogP contribution in [-0.2, 0) is 16.6 Å². The lowest BCUT2D eigenvalue weighted by molar-refractivity contribution is -0.121. The third-order valence-corrected chi connectivity index (χ3v) is 4.58. The third-order valence-electron chi connectivity index (χ3n) is 4.58. The maximum atomic E-state index is 13.0. The molecule has 0 bridgehead atoms. The number of carbonyl (C=O) groups is 2. The minimum atomic E-state index is -0.390. The van der Waals surface area contributed by atoms with Gasteiger partial charge >= 0.3 is 0 Å². The second kappa shape index (κ2) is 8.90. The fraction of sp³-hybridized carbons (Fsp3) is 0.261. The molecule has 0 aliphatic carbocycles. The van der Waals surface area contributed by atoms with Gasteiger partial charge in [-0.25, -0.2) is 9.37 Å². The third kappa shape index (κ3) is 5.53. The molecule has 6 nitrogen and oxygen atoms in total. The Morgan fingerprint density at radius 3 is 2.30 bits per heavy atom. The van der Waals surface area contributed by atoms with Crippen molar-refractivity contribution in [1.29, 1.82) is 0 Å². The first-order valence-electron chi connectivity index (χ1n) is 9.63. The van der Waals surface area contributed by atoms with E-state index in [0.29, 0.717) is 22.8 Å². The van der Waals surface area contributed by atoms with Crippen LogP contribution in [0.1, 0.15) is 49.0 Å². The summed E-state index contributed by atoms with van der Waals surface area (Å²) in [5.74, 6) is -0.205. The van der Waals surface area contributed by atoms with E-state index < -0.39 is 5.91 Å². The zero-order valence-electron chi connectivity index (χ0n) is 17.2. The van der Waals surface area contributed by atoms with E-state index in [4.69, 9.17) is 4.42 Å². The summed E-state index contributed by atoms with van der Waals surface area (Å²) in [5, 5.41) is 0. The highest BCUT2D eigenvalue weighted by molar-refractivity contribution is 5.95. The quantitative estimate of drug-likeness (QED) is 0.620. The van der Waals surface area contributed by atoms with Crippen LogP contribution in [-0.4, -0.2) is 16.8 Å². The monoisotopic (exact) mass is 409 g/mol. The van der Waals surface area contributed by atoms with Gasteiger partial charge < -0.3 is 4.42 Å². The van der Waals surface area contributed by atoms with Gasteiger partial charge in [-0.1, -0.05) is 32.9 Å². The van der Waals surface area contributed by atoms with Gasteiger partial charge in [0.15, 0.2) is 11.7 Å². The van der Waals surface area contributed by atoms with E-state index >= 15 is 0 Å². The van der Waals surface area contributed by atoms with Crippen LogP contribution in [0.4, 0.5) is 4.39 Å². The first-order valence-corrected chi connectivity index (χ1v) is 9.63. The van der Waals surface area contributed by atoms with E-state index in [1.807, 2.05) is 12.1 Å². The number of halogens is 1. The molecular weight excluding hydrogens is 385 g/mol. The smallest absolute Gasteiger partial charge is 0.269 e. The molecule has 0 saturated heterocycles. The molecule has 0 aliphatic heterocycles. The maximum Gasteiger partial charge on any atom is 0.269 e. The molecule has 2 amide bonds. The Balaban J connectivity index is 1.47. The Kier molecular flexibility index (Phi) is 6.30. The fourth-order valence-electron chi connectivity index (χ4n) is 2.78. The first kappa shape index (κ1) is 21.2. The van der Waals surface area contributed by atoms with E-state index in [2.05, 4.69) is 36.6 Å². The van der Waals surface area contributed by atoms with Crippen molar-refractivity contribution in [3.63, 3.8) is 0 Å². The van der Waals surface area contributed by atoms with Crippen molar-refractivity contribution in [2.75, 3.05) is 0 Å². The van der Waals surface area contributed by atoms with Crippen LogP contribution in [0.25, 0.3) is 11.3 Å². The van der Waals surface area contributed by atoms with Crippen molar-refractivity contribution in [1.82, 2.24) is 15.8 Å². The highest BCUT2D eigenvalue weighted by atomic mass is 19.1. The average molecular weight is 409 g/mol. The molecular formula is C23H24FN3O3. The Labute approximate surface area is 174 Å². The molecule has 3 aromatic rings. The summed E-state index contributed by atoms with van der Waals surface area (Å²) < 4.78 is 18.6. The number of nitrogens with zero attached hydrogens (tertiary/aromatic N) is 1. The van der Waals surface area contributed by atoms with Crippen LogP contribution in [0.2, 0.25) is 0 Å². The van der Waals surface area contributed by atoms with Gasteiger partial charge in [0.25, 0.3) is 5.91 Å². The summed E-state index contributed by atoms with van der Waals surface area (Å²) >= 11 is 0. The number of rotatable bonds is 5. The normalized spacial score (nSPS) is 11.2. The second-order valence-electron chi connectivity index (χ2n) is 7.95. The van der Waals surface area contributed by atoms with E-state index in [1.54, 1.807) is 24.3 Å². The van der Waals surface area contributed by atoms with Crippen molar-refractivity contribution in [3.8, 4) is 11.3 Å². The number of carbonyl (C=O) groups excluding carboxylic acids is 2. The molecule has 0 atom stereocenters. The number of amides is 2. The Morgan fingerprint density at radius 1 is 1.00 bits per heavy atom. The topological polar surface area (TPSA) is 84.2 Å². The molecule has 0 unspecified atom stereocenters. The molecule has 0 aliphatic rings. The molecule has 156 valence electrons. The number of benzene rings is 2. The van der Waals surface area contributed by atoms with Crippen LogP contribution in [0.15, 0.2) is 59.1 Å². The van der Waals surface area contributed by atoms with E-state index in [9.17, 15) is 14.0 Å². The molecule has 1 heterocycles. The minimum Gasteiger partial charge on any atom is -0.441 e. The van der Waals surface area contributed by atoms with E-state index in [0.717, 1.165) is 5.56 Å². The molecule has 0 saturated carbocycles.